The number of amides is 1. The van der Waals surface area contributed by atoms with Crippen LogP contribution in [0.1, 0.15) is 24.0 Å². The van der Waals surface area contributed by atoms with Crippen LogP contribution in [0.15, 0.2) is 60.7 Å². The zero-order valence-corrected chi connectivity index (χ0v) is 17.4. The summed E-state index contributed by atoms with van der Waals surface area (Å²) < 4.78 is 25.8. The summed E-state index contributed by atoms with van der Waals surface area (Å²) in [6.45, 7) is -0.529. The van der Waals surface area contributed by atoms with E-state index < -0.39 is 48.1 Å². The molecule has 1 aliphatic heterocycles. The molecule has 1 aliphatic carbocycles. The van der Waals surface area contributed by atoms with E-state index in [9.17, 15) is 19.5 Å². The maximum Gasteiger partial charge on any atom is 0.410 e. The molecule has 1 heterocycles. The van der Waals surface area contributed by atoms with Gasteiger partial charge in [0.05, 0.1) is 12.0 Å². The Morgan fingerprint density at radius 2 is 1.47 bits per heavy atom. The van der Waals surface area contributed by atoms with E-state index >= 15 is 4.39 Å². The Bertz CT molecular complexity index is 978. The number of carboxylic acid groups (broad SMARTS) is 1. The Balaban J connectivity index is 1.53. The number of carbonyl (C=O) groups is 3. The van der Waals surface area contributed by atoms with Crippen molar-refractivity contribution in [1.29, 1.82) is 0 Å². The van der Waals surface area contributed by atoms with Gasteiger partial charge in [-0.1, -0.05) is 60.7 Å². The molecule has 1 saturated heterocycles. The van der Waals surface area contributed by atoms with Crippen LogP contribution in [-0.4, -0.2) is 46.8 Å². The minimum Gasteiger partial charge on any atom is -0.481 e. The van der Waals surface area contributed by atoms with Gasteiger partial charge in [-0.05, 0) is 24.0 Å². The number of aliphatic carboxylic acids is 1. The van der Waals surface area contributed by atoms with Crippen LogP contribution >= 0.6 is 0 Å². The summed E-state index contributed by atoms with van der Waals surface area (Å²) in [4.78, 5) is 38.7. The molecule has 7 nitrogen and oxygen atoms in total. The third-order valence-electron chi connectivity index (χ3n) is 6.19. The first-order valence-corrected chi connectivity index (χ1v) is 10.5. The van der Waals surface area contributed by atoms with Crippen LogP contribution in [-0.2, 0) is 32.3 Å². The molecular weight excluding hydrogens is 417 g/mol. The highest BCUT2D eigenvalue weighted by molar-refractivity contribution is 5.86. The smallest absolute Gasteiger partial charge is 0.410 e. The molecule has 32 heavy (non-hydrogen) atoms. The Labute approximate surface area is 184 Å². The van der Waals surface area contributed by atoms with Gasteiger partial charge in [0, 0.05) is 5.92 Å². The van der Waals surface area contributed by atoms with Crippen LogP contribution in [0.25, 0.3) is 0 Å². The van der Waals surface area contributed by atoms with Gasteiger partial charge in [0.2, 0.25) is 0 Å². The van der Waals surface area contributed by atoms with Crippen LogP contribution in [0.3, 0.4) is 0 Å². The summed E-state index contributed by atoms with van der Waals surface area (Å²) in [5.74, 6) is -3.18. The first kappa shape index (κ1) is 21.8. The normalized spacial score (nSPS) is 23.4. The Hall–Kier alpha value is -3.42. The summed E-state index contributed by atoms with van der Waals surface area (Å²) >= 11 is 0. The van der Waals surface area contributed by atoms with E-state index in [-0.39, 0.29) is 26.1 Å². The highest BCUT2D eigenvalue weighted by atomic mass is 19.1. The van der Waals surface area contributed by atoms with Crippen molar-refractivity contribution in [2.24, 2.45) is 11.3 Å². The number of carbonyl (C=O) groups excluding carboxylic acids is 2. The number of likely N-dealkylation sites (tertiary alicyclic amines) is 1. The molecule has 2 aliphatic rings. The molecule has 1 saturated carbocycles. The molecular formula is C24H24FNO6. The quantitative estimate of drug-likeness (QED) is 0.661. The molecule has 168 valence electrons. The highest BCUT2D eigenvalue weighted by Gasteiger charge is 2.67. The minimum absolute atomic E-state index is 0.0480. The van der Waals surface area contributed by atoms with Gasteiger partial charge in [-0.25, -0.2) is 14.0 Å². The van der Waals surface area contributed by atoms with E-state index in [1.807, 2.05) is 12.1 Å². The largest absolute Gasteiger partial charge is 0.481 e. The van der Waals surface area contributed by atoms with E-state index in [4.69, 9.17) is 9.47 Å². The van der Waals surface area contributed by atoms with Crippen LogP contribution in [0.2, 0.25) is 0 Å². The van der Waals surface area contributed by atoms with Crippen molar-refractivity contribution in [3.63, 3.8) is 0 Å². The zero-order chi connectivity index (χ0) is 22.7. The number of hydrogen-bond donors (Lipinski definition) is 1. The number of ether oxygens (including phenoxy) is 2. The number of rotatable bonds is 7. The van der Waals surface area contributed by atoms with Gasteiger partial charge in [0.15, 0.2) is 0 Å². The molecule has 2 fully saturated rings. The number of hydrogen-bond acceptors (Lipinski definition) is 5. The number of benzene rings is 2. The predicted octanol–water partition coefficient (Wildman–Crippen LogP) is 3.57. The van der Waals surface area contributed by atoms with Gasteiger partial charge >= 0.3 is 18.0 Å². The van der Waals surface area contributed by atoms with Gasteiger partial charge in [-0.15, -0.1) is 0 Å². The van der Waals surface area contributed by atoms with Crippen LogP contribution in [0.4, 0.5) is 9.18 Å². The van der Waals surface area contributed by atoms with E-state index in [0.717, 1.165) is 16.0 Å². The molecule has 2 aromatic rings. The van der Waals surface area contributed by atoms with E-state index in [0.29, 0.717) is 0 Å². The molecule has 1 N–H and O–H groups in total. The average Bonchev–Trinajstić information content (AvgIpc) is 3.54. The Morgan fingerprint density at radius 1 is 0.938 bits per heavy atom. The monoisotopic (exact) mass is 441 g/mol. The van der Waals surface area contributed by atoms with E-state index in [2.05, 4.69) is 0 Å². The second-order valence-electron chi connectivity index (χ2n) is 8.23. The summed E-state index contributed by atoms with van der Waals surface area (Å²) in [7, 11) is 0. The first-order chi connectivity index (χ1) is 15.4. The van der Waals surface area contributed by atoms with Crippen LogP contribution < -0.4 is 0 Å². The van der Waals surface area contributed by atoms with Crippen molar-refractivity contribution in [1.82, 2.24) is 4.90 Å². The topological polar surface area (TPSA) is 93.1 Å². The summed E-state index contributed by atoms with van der Waals surface area (Å²) in [6.07, 6.45) is -2.04. The average molecular weight is 441 g/mol. The lowest BCUT2D eigenvalue weighted by Gasteiger charge is -2.28. The number of halogens is 1. The standard InChI is InChI=1S/C24H24FNO6/c25-18-13-26(23(30)32-15-17-9-5-2-6-10-17)20(19(18)24(11-12-24)22(28)29)21(27)31-14-16-7-3-1-4-8-16/h1-10,18-20H,11-15H2,(H,28,29)/t18-,19+,20?/m0/s1. The van der Waals surface area contributed by atoms with Crippen molar-refractivity contribution in [2.75, 3.05) is 6.54 Å². The van der Waals surface area contributed by atoms with Gasteiger partial charge in [0.25, 0.3) is 0 Å². The van der Waals surface area contributed by atoms with Gasteiger partial charge < -0.3 is 14.6 Å². The van der Waals surface area contributed by atoms with Crippen LogP contribution in [0.5, 0.6) is 0 Å². The molecule has 0 aromatic heterocycles. The van der Waals surface area contributed by atoms with E-state index in [1.165, 1.54) is 0 Å². The maximum atomic E-state index is 15.1. The third-order valence-corrected chi connectivity index (χ3v) is 6.19. The van der Waals surface area contributed by atoms with Crippen molar-refractivity contribution in [3.8, 4) is 0 Å². The summed E-state index contributed by atoms with van der Waals surface area (Å²) in [5, 5.41) is 9.71. The molecule has 8 heteroatoms. The number of nitrogens with zero attached hydrogens (tertiary/aromatic N) is 1. The third kappa shape index (κ3) is 4.30. The van der Waals surface area contributed by atoms with Gasteiger partial charge in [0.1, 0.15) is 25.4 Å². The van der Waals surface area contributed by atoms with Crippen molar-refractivity contribution < 1.29 is 33.4 Å². The fourth-order valence-electron chi connectivity index (χ4n) is 4.36. The second-order valence-corrected chi connectivity index (χ2v) is 8.23. The molecule has 3 atom stereocenters. The number of alkyl halides is 1. The maximum absolute atomic E-state index is 15.1. The second kappa shape index (κ2) is 8.98. The molecule has 1 unspecified atom stereocenters. The fourth-order valence-corrected chi connectivity index (χ4v) is 4.36. The van der Waals surface area contributed by atoms with Gasteiger partial charge in [-0.3, -0.25) is 9.69 Å². The minimum atomic E-state index is -1.67. The highest BCUT2D eigenvalue weighted by Crippen LogP contribution is 2.57. The Kier molecular flexibility index (Phi) is 6.12. The zero-order valence-electron chi connectivity index (χ0n) is 17.4. The van der Waals surface area contributed by atoms with E-state index in [1.54, 1.807) is 48.5 Å². The summed E-state index contributed by atoms with van der Waals surface area (Å²) in [5.41, 5.74) is 0.0928. The molecule has 0 radical (unpaired) electrons. The lowest BCUT2D eigenvalue weighted by Crippen LogP contribution is -2.48. The van der Waals surface area contributed by atoms with Crippen LogP contribution in [0, 0.1) is 11.3 Å². The molecule has 2 aromatic carbocycles. The molecule has 0 spiro atoms. The first-order valence-electron chi connectivity index (χ1n) is 10.5. The SMILES string of the molecule is O=C(OCc1ccccc1)C1[C@H](C2(C(=O)O)CC2)[C@@H](F)CN1C(=O)OCc1ccccc1. The molecule has 4 rings (SSSR count). The Morgan fingerprint density at radius 3 is 1.97 bits per heavy atom. The number of carboxylic acids is 1. The lowest BCUT2D eigenvalue weighted by atomic mass is 9.82. The molecule has 0 bridgehead atoms. The van der Waals surface area contributed by atoms with Crippen molar-refractivity contribution in [2.45, 2.75) is 38.3 Å². The van der Waals surface area contributed by atoms with Gasteiger partial charge in [-0.2, -0.15) is 0 Å². The fraction of sp³-hybridized carbons (Fsp3) is 0.375. The lowest BCUT2D eigenvalue weighted by molar-refractivity contribution is -0.155. The summed E-state index contributed by atoms with van der Waals surface area (Å²) in [6, 6.07) is 16.5. The van der Waals surface area contributed by atoms with Crippen molar-refractivity contribution >= 4 is 18.0 Å². The predicted molar refractivity (Wildman–Crippen MR) is 111 cm³/mol. The van der Waals surface area contributed by atoms with Crippen molar-refractivity contribution in [3.05, 3.63) is 71.8 Å². The molecule has 1 amide bonds. The number of esters is 1.